The summed E-state index contributed by atoms with van der Waals surface area (Å²) < 4.78 is 0. The molecule has 4 aromatic rings. The summed E-state index contributed by atoms with van der Waals surface area (Å²) in [6, 6.07) is 16.8. The molecule has 0 bridgehead atoms. The Balaban J connectivity index is 1.19. The smallest absolute Gasteiger partial charge is 0.158 e. The van der Waals surface area contributed by atoms with E-state index in [0.717, 1.165) is 78.7 Å². The summed E-state index contributed by atoms with van der Waals surface area (Å²) in [5.41, 5.74) is 5.70. The molecular weight excluding hydrogens is 492 g/mol. The summed E-state index contributed by atoms with van der Waals surface area (Å²) >= 11 is 1.65. The number of hydrogen-bond donors (Lipinski definition) is 2. The Morgan fingerprint density at radius 2 is 1.87 bits per heavy atom. The van der Waals surface area contributed by atoms with Crippen LogP contribution < -0.4 is 4.90 Å². The van der Waals surface area contributed by atoms with Crippen LogP contribution in [0.5, 0.6) is 0 Å². The van der Waals surface area contributed by atoms with Crippen molar-refractivity contribution in [2.45, 2.75) is 51.2 Å². The second-order valence-corrected chi connectivity index (χ2v) is 12.2. The molecule has 2 aliphatic heterocycles. The van der Waals surface area contributed by atoms with Crippen LogP contribution >= 0.6 is 11.3 Å². The van der Waals surface area contributed by atoms with Gasteiger partial charge in [-0.05, 0) is 91.2 Å². The van der Waals surface area contributed by atoms with Crippen molar-refractivity contribution in [3.8, 4) is 11.3 Å². The number of aliphatic hydroxyl groups is 1. The highest BCUT2D eigenvalue weighted by molar-refractivity contribution is 7.08. The number of carbonyl (C=O) groups is 1. The quantitative estimate of drug-likeness (QED) is 0.301. The van der Waals surface area contributed by atoms with Crippen LogP contribution in [0.25, 0.3) is 22.2 Å². The number of H-pyrrole nitrogens is 1. The molecule has 6 rings (SSSR count). The number of hydrogen-bond acceptors (Lipinski definition) is 6. The molecule has 38 heavy (non-hydrogen) atoms. The minimum absolute atomic E-state index is 0.143. The van der Waals surface area contributed by atoms with Crippen LogP contribution in [0.3, 0.4) is 0 Å². The van der Waals surface area contributed by atoms with Crippen LogP contribution in [-0.4, -0.2) is 57.8 Å². The molecule has 0 saturated carbocycles. The Morgan fingerprint density at radius 3 is 2.50 bits per heavy atom. The van der Waals surface area contributed by atoms with Gasteiger partial charge in [-0.25, -0.2) is 0 Å². The number of piperidine rings is 1. The molecule has 2 fully saturated rings. The molecule has 0 amide bonds. The van der Waals surface area contributed by atoms with Gasteiger partial charge in [0.05, 0.1) is 22.9 Å². The highest BCUT2D eigenvalue weighted by Crippen LogP contribution is 2.34. The lowest BCUT2D eigenvalue weighted by Gasteiger charge is -2.38. The molecule has 198 valence electrons. The molecule has 2 aromatic carbocycles. The zero-order chi connectivity index (χ0) is 26.3. The van der Waals surface area contributed by atoms with E-state index in [4.69, 9.17) is 0 Å². The minimum atomic E-state index is -0.611. The third-order valence-corrected chi connectivity index (χ3v) is 9.13. The Kier molecular flexibility index (Phi) is 6.84. The van der Waals surface area contributed by atoms with Crippen molar-refractivity contribution in [2.24, 2.45) is 5.92 Å². The number of benzene rings is 2. The first-order valence-corrected chi connectivity index (χ1v) is 14.6. The van der Waals surface area contributed by atoms with Crippen LogP contribution in [-0.2, 0) is 11.2 Å². The van der Waals surface area contributed by atoms with Gasteiger partial charge < -0.3 is 10.0 Å². The number of likely N-dealkylation sites (tertiary alicyclic amines) is 1. The van der Waals surface area contributed by atoms with E-state index in [1.165, 1.54) is 5.69 Å². The van der Waals surface area contributed by atoms with Crippen molar-refractivity contribution < 1.29 is 9.90 Å². The zero-order valence-electron chi connectivity index (χ0n) is 22.2. The van der Waals surface area contributed by atoms with Crippen LogP contribution in [0.15, 0.2) is 59.3 Å². The number of nitrogens with one attached hydrogen (secondary N) is 1. The summed E-state index contributed by atoms with van der Waals surface area (Å²) in [5, 5.41) is 23.4. The molecule has 0 radical (unpaired) electrons. The van der Waals surface area contributed by atoms with Crippen LogP contribution in [0.4, 0.5) is 5.69 Å². The lowest BCUT2D eigenvalue weighted by atomic mass is 9.83. The standard InChI is InChI=1S/C31H36N4O2S/c1-31(2,37)24-10-15-34(16-11-24)25-7-5-22(6-8-25)29-26-18-21(4-9-27(26)32-33-29)19-28(36)30(35-13-3-14-35)23-12-17-38-20-23/h4-9,12,17-18,20,24,30,37H,3,10-11,13-16,19H2,1-2H3,(H,32,33). The van der Waals surface area contributed by atoms with Gasteiger partial charge >= 0.3 is 0 Å². The lowest BCUT2D eigenvalue weighted by Crippen LogP contribution is -2.43. The monoisotopic (exact) mass is 528 g/mol. The minimum Gasteiger partial charge on any atom is -0.390 e. The van der Waals surface area contributed by atoms with E-state index >= 15 is 0 Å². The molecule has 1 unspecified atom stereocenters. The highest BCUT2D eigenvalue weighted by atomic mass is 32.1. The molecule has 2 aliphatic rings. The van der Waals surface area contributed by atoms with Gasteiger partial charge in [0.2, 0.25) is 0 Å². The fourth-order valence-electron chi connectivity index (χ4n) is 5.99. The maximum Gasteiger partial charge on any atom is 0.158 e. The first-order chi connectivity index (χ1) is 18.4. The van der Waals surface area contributed by atoms with Crippen LogP contribution in [0.1, 0.15) is 50.3 Å². The predicted octanol–water partition coefficient (Wildman–Crippen LogP) is 5.84. The van der Waals surface area contributed by atoms with E-state index in [0.29, 0.717) is 12.3 Å². The van der Waals surface area contributed by atoms with Gasteiger partial charge in [0.25, 0.3) is 0 Å². The van der Waals surface area contributed by atoms with Crippen molar-refractivity contribution in [1.29, 1.82) is 0 Å². The Bertz CT molecular complexity index is 1390. The molecule has 2 N–H and O–H groups in total. The van der Waals surface area contributed by atoms with Gasteiger partial charge in [-0.1, -0.05) is 18.2 Å². The second kappa shape index (κ2) is 10.3. The van der Waals surface area contributed by atoms with E-state index in [1.807, 2.05) is 26.0 Å². The number of aromatic nitrogens is 2. The van der Waals surface area contributed by atoms with Crippen molar-refractivity contribution >= 4 is 33.7 Å². The maximum absolute atomic E-state index is 13.5. The average Bonchev–Trinajstić information content (AvgIpc) is 3.56. The van der Waals surface area contributed by atoms with Gasteiger partial charge in [0.1, 0.15) is 0 Å². The summed E-state index contributed by atoms with van der Waals surface area (Å²) in [5.74, 6) is 0.603. The molecule has 2 aromatic heterocycles. The van der Waals surface area contributed by atoms with E-state index in [2.05, 4.69) is 67.2 Å². The van der Waals surface area contributed by atoms with E-state index < -0.39 is 5.60 Å². The first kappa shape index (κ1) is 25.3. The Hall–Kier alpha value is -3.00. The number of ketones is 1. The van der Waals surface area contributed by atoms with Crippen molar-refractivity contribution in [3.63, 3.8) is 0 Å². The van der Waals surface area contributed by atoms with Crippen molar-refractivity contribution in [1.82, 2.24) is 15.1 Å². The predicted molar refractivity (Wildman–Crippen MR) is 155 cm³/mol. The third kappa shape index (κ3) is 5.03. The van der Waals surface area contributed by atoms with Crippen LogP contribution in [0, 0.1) is 5.92 Å². The number of anilines is 1. The number of fused-ring (bicyclic) bond motifs is 1. The average molecular weight is 529 g/mol. The topological polar surface area (TPSA) is 72.5 Å². The summed E-state index contributed by atoms with van der Waals surface area (Å²) in [7, 11) is 0. The fourth-order valence-corrected chi connectivity index (χ4v) is 6.67. The van der Waals surface area contributed by atoms with E-state index in [9.17, 15) is 9.90 Å². The van der Waals surface area contributed by atoms with Crippen LogP contribution in [0.2, 0.25) is 0 Å². The molecule has 1 atom stereocenters. The lowest BCUT2D eigenvalue weighted by molar-refractivity contribution is -0.125. The number of carbonyl (C=O) groups excluding carboxylic acids is 1. The summed E-state index contributed by atoms with van der Waals surface area (Å²) in [6.45, 7) is 7.74. The SMILES string of the molecule is CC(C)(O)C1CCN(c2ccc(-c3n[nH]c4ccc(CC(=O)C(c5ccsc5)N5CCC5)cc34)cc2)CC1. The fraction of sp³-hybridized carbons (Fsp3) is 0.419. The first-order valence-electron chi connectivity index (χ1n) is 13.7. The molecule has 6 nitrogen and oxygen atoms in total. The van der Waals surface area contributed by atoms with Gasteiger partial charge in [-0.3, -0.25) is 14.8 Å². The number of rotatable bonds is 8. The van der Waals surface area contributed by atoms with Gasteiger partial charge in [0.15, 0.2) is 5.78 Å². The van der Waals surface area contributed by atoms with E-state index in [1.54, 1.807) is 11.3 Å². The number of Topliss-reactive ketones (excluding diaryl/α,β-unsaturated/α-hetero) is 1. The molecule has 4 heterocycles. The summed E-state index contributed by atoms with van der Waals surface area (Å²) in [6.07, 6.45) is 3.58. The Morgan fingerprint density at radius 1 is 1.11 bits per heavy atom. The second-order valence-electron chi connectivity index (χ2n) is 11.4. The van der Waals surface area contributed by atoms with Crippen molar-refractivity contribution in [3.05, 3.63) is 70.4 Å². The largest absolute Gasteiger partial charge is 0.390 e. The Labute approximate surface area is 228 Å². The maximum atomic E-state index is 13.5. The molecule has 0 spiro atoms. The molecule has 2 saturated heterocycles. The van der Waals surface area contributed by atoms with E-state index in [-0.39, 0.29) is 11.8 Å². The molecule has 7 heteroatoms. The van der Waals surface area contributed by atoms with Gasteiger partial charge in [-0.2, -0.15) is 16.4 Å². The number of nitrogens with zero attached hydrogens (tertiary/aromatic N) is 3. The third-order valence-electron chi connectivity index (χ3n) is 8.43. The summed E-state index contributed by atoms with van der Waals surface area (Å²) in [4.78, 5) is 18.2. The van der Waals surface area contributed by atoms with Gasteiger partial charge in [0, 0.05) is 49.2 Å². The van der Waals surface area contributed by atoms with Gasteiger partial charge in [-0.15, -0.1) is 0 Å². The molecule has 0 aliphatic carbocycles. The zero-order valence-corrected chi connectivity index (χ0v) is 23.0. The molecular formula is C31H36N4O2S. The highest BCUT2D eigenvalue weighted by Gasteiger charge is 2.32. The number of thiophene rings is 1. The van der Waals surface area contributed by atoms with Crippen molar-refractivity contribution in [2.75, 3.05) is 31.1 Å². The normalized spacial score (nSPS) is 18.0. The number of aromatic amines is 1.